The second-order valence-electron chi connectivity index (χ2n) is 7.83. The fourth-order valence-electron chi connectivity index (χ4n) is 3.61. The van der Waals surface area contributed by atoms with Gasteiger partial charge in [0.05, 0.1) is 24.2 Å². The molecule has 0 spiro atoms. The molecule has 0 atom stereocenters. The number of piperidine rings is 1. The normalized spacial score (nSPS) is 14.6. The summed E-state index contributed by atoms with van der Waals surface area (Å²) in [4.78, 5) is 14.7. The Morgan fingerprint density at radius 3 is 2.76 bits per heavy atom. The highest BCUT2D eigenvalue weighted by atomic mass is 32.2. The molecular weight excluding hydrogens is 452 g/mol. The molecule has 1 aromatic carbocycles. The Hall–Kier alpha value is -3.08. The monoisotopic (exact) mass is 477 g/mol. The van der Waals surface area contributed by atoms with Gasteiger partial charge in [-0.2, -0.15) is 8.78 Å². The van der Waals surface area contributed by atoms with Gasteiger partial charge < -0.3 is 19.4 Å². The van der Waals surface area contributed by atoms with Crippen molar-refractivity contribution in [2.24, 2.45) is 5.92 Å². The molecule has 1 fully saturated rings. The van der Waals surface area contributed by atoms with Crippen LogP contribution in [0.25, 0.3) is 0 Å². The van der Waals surface area contributed by atoms with Crippen LogP contribution >= 0.6 is 11.8 Å². The zero-order valence-corrected chi connectivity index (χ0v) is 18.9. The largest absolute Gasteiger partial charge is 0.467 e. The van der Waals surface area contributed by atoms with Crippen molar-refractivity contribution in [3.63, 3.8) is 0 Å². The molecule has 0 saturated carbocycles. The number of halogens is 2. The third-order valence-electron chi connectivity index (χ3n) is 5.37. The number of thioether (sulfide) groups is 1. The third-order valence-corrected chi connectivity index (χ3v) is 6.33. The maximum atomic E-state index is 12.6. The molecule has 2 aromatic heterocycles. The van der Waals surface area contributed by atoms with Gasteiger partial charge in [0.2, 0.25) is 11.9 Å². The summed E-state index contributed by atoms with van der Waals surface area (Å²) in [7, 11) is 0. The Bertz CT molecular complexity index is 1050. The predicted molar refractivity (Wildman–Crippen MR) is 121 cm³/mol. The molecule has 0 radical (unpaired) electrons. The van der Waals surface area contributed by atoms with Gasteiger partial charge in [-0.3, -0.25) is 9.36 Å². The minimum Gasteiger partial charge on any atom is -0.467 e. The summed E-state index contributed by atoms with van der Waals surface area (Å²) in [5, 5.41) is 11.9. The second kappa shape index (κ2) is 10.7. The SMILES string of the molecule is CC1CCN(c2nnc(SCC(=O)Nc3ccccc3OC(F)F)n2Cc2ccco2)CC1. The molecule has 0 bridgehead atoms. The van der Waals surface area contributed by atoms with Gasteiger partial charge in [0.15, 0.2) is 5.16 Å². The number of hydrogen-bond acceptors (Lipinski definition) is 7. The van der Waals surface area contributed by atoms with Crippen molar-refractivity contribution >= 4 is 29.3 Å². The molecule has 3 heterocycles. The van der Waals surface area contributed by atoms with Crippen LogP contribution in [0, 0.1) is 5.92 Å². The minimum absolute atomic E-state index is 0.0241. The smallest absolute Gasteiger partial charge is 0.387 e. The first-order valence-electron chi connectivity index (χ1n) is 10.7. The Balaban J connectivity index is 1.46. The van der Waals surface area contributed by atoms with Crippen molar-refractivity contribution in [2.75, 3.05) is 29.1 Å². The molecule has 33 heavy (non-hydrogen) atoms. The van der Waals surface area contributed by atoms with Crippen LogP contribution in [-0.4, -0.2) is 46.1 Å². The van der Waals surface area contributed by atoms with E-state index in [1.165, 1.54) is 23.9 Å². The van der Waals surface area contributed by atoms with E-state index in [1.807, 2.05) is 16.7 Å². The maximum Gasteiger partial charge on any atom is 0.387 e. The highest BCUT2D eigenvalue weighted by Crippen LogP contribution is 2.28. The molecule has 1 N–H and O–H groups in total. The molecule has 0 aliphatic carbocycles. The number of nitrogens with one attached hydrogen (secondary N) is 1. The van der Waals surface area contributed by atoms with Crippen LogP contribution in [0.2, 0.25) is 0 Å². The number of ether oxygens (including phenoxy) is 1. The van der Waals surface area contributed by atoms with Gasteiger partial charge in [-0.1, -0.05) is 30.8 Å². The Morgan fingerprint density at radius 2 is 2.03 bits per heavy atom. The van der Waals surface area contributed by atoms with Gasteiger partial charge in [-0.15, -0.1) is 10.2 Å². The molecule has 11 heteroatoms. The van der Waals surface area contributed by atoms with Crippen LogP contribution < -0.4 is 15.0 Å². The van der Waals surface area contributed by atoms with Crippen molar-refractivity contribution in [1.29, 1.82) is 0 Å². The summed E-state index contributed by atoms with van der Waals surface area (Å²) in [6, 6.07) is 9.77. The van der Waals surface area contributed by atoms with E-state index >= 15 is 0 Å². The average Bonchev–Trinajstić information content (AvgIpc) is 3.44. The lowest BCUT2D eigenvalue weighted by Crippen LogP contribution is -2.35. The van der Waals surface area contributed by atoms with Crippen LogP contribution in [0.3, 0.4) is 0 Å². The summed E-state index contributed by atoms with van der Waals surface area (Å²) in [5.41, 5.74) is 0.184. The minimum atomic E-state index is -2.98. The molecule has 8 nitrogen and oxygen atoms in total. The number of aromatic nitrogens is 3. The molecule has 176 valence electrons. The number of anilines is 2. The quantitative estimate of drug-likeness (QED) is 0.455. The van der Waals surface area contributed by atoms with Gasteiger partial charge in [0.25, 0.3) is 0 Å². The van der Waals surface area contributed by atoms with Crippen LogP contribution in [0.15, 0.2) is 52.2 Å². The summed E-state index contributed by atoms with van der Waals surface area (Å²) in [5.74, 6) is 1.75. The Morgan fingerprint density at radius 1 is 1.24 bits per heavy atom. The molecule has 3 aromatic rings. The number of hydrogen-bond donors (Lipinski definition) is 1. The zero-order valence-electron chi connectivity index (χ0n) is 18.1. The van der Waals surface area contributed by atoms with Crippen LogP contribution in [-0.2, 0) is 11.3 Å². The first-order chi connectivity index (χ1) is 16.0. The number of amides is 1. The van der Waals surface area contributed by atoms with Crippen molar-refractivity contribution in [2.45, 2.75) is 38.1 Å². The van der Waals surface area contributed by atoms with Gasteiger partial charge in [-0.05, 0) is 43.0 Å². The molecule has 4 rings (SSSR count). The first kappa shape index (κ1) is 23.1. The van der Waals surface area contributed by atoms with E-state index in [4.69, 9.17) is 4.42 Å². The number of rotatable bonds is 9. The van der Waals surface area contributed by atoms with Crippen LogP contribution in [0.4, 0.5) is 20.4 Å². The van der Waals surface area contributed by atoms with Crippen molar-refractivity contribution in [1.82, 2.24) is 14.8 Å². The third kappa shape index (κ3) is 6.04. The lowest BCUT2D eigenvalue weighted by atomic mass is 10.00. The van der Waals surface area contributed by atoms with Gasteiger partial charge >= 0.3 is 6.61 Å². The van der Waals surface area contributed by atoms with Gasteiger partial charge in [0.1, 0.15) is 11.5 Å². The number of para-hydroxylation sites is 2. The van der Waals surface area contributed by atoms with E-state index in [9.17, 15) is 13.6 Å². The lowest BCUT2D eigenvalue weighted by molar-refractivity contribution is -0.113. The number of carbonyl (C=O) groups excluding carboxylic acids is 1. The van der Waals surface area contributed by atoms with E-state index in [0.29, 0.717) is 17.6 Å². The first-order valence-corrected chi connectivity index (χ1v) is 11.6. The second-order valence-corrected chi connectivity index (χ2v) is 8.77. The fourth-order valence-corrected chi connectivity index (χ4v) is 4.35. The summed E-state index contributed by atoms with van der Waals surface area (Å²) >= 11 is 1.22. The highest BCUT2D eigenvalue weighted by molar-refractivity contribution is 7.99. The van der Waals surface area contributed by atoms with Crippen LogP contribution in [0.5, 0.6) is 5.75 Å². The number of alkyl halides is 2. The number of carbonyl (C=O) groups is 1. The van der Waals surface area contributed by atoms with E-state index in [0.717, 1.165) is 37.6 Å². The number of nitrogens with zero attached hydrogens (tertiary/aromatic N) is 4. The lowest BCUT2D eigenvalue weighted by Gasteiger charge is -2.31. The van der Waals surface area contributed by atoms with E-state index in [-0.39, 0.29) is 23.1 Å². The topological polar surface area (TPSA) is 85.4 Å². The molecule has 0 unspecified atom stereocenters. The molecule has 1 aliphatic rings. The molecule has 1 aliphatic heterocycles. The Labute approximate surface area is 194 Å². The summed E-state index contributed by atoms with van der Waals surface area (Å²) in [6.07, 6.45) is 3.78. The van der Waals surface area contributed by atoms with E-state index in [2.05, 4.69) is 32.1 Å². The summed E-state index contributed by atoms with van der Waals surface area (Å²) < 4.78 is 37.2. The number of furan rings is 1. The average molecular weight is 478 g/mol. The van der Waals surface area contributed by atoms with Gasteiger partial charge in [-0.25, -0.2) is 0 Å². The molecular formula is C22H25F2N5O3S. The maximum absolute atomic E-state index is 12.6. The fraction of sp³-hybridized carbons (Fsp3) is 0.409. The predicted octanol–water partition coefficient (Wildman–Crippen LogP) is 4.49. The zero-order chi connectivity index (χ0) is 23.2. The van der Waals surface area contributed by atoms with Gasteiger partial charge in [0, 0.05) is 13.1 Å². The molecule has 1 saturated heterocycles. The number of benzene rings is 1. The van der Waals surface area contributed by atoms with Crippen molar-refractivity contribution in [3.8, 4) is 5.75 Å². The van der Waals surface area contributed by atoms with Crippen molar-refractivity contribution in [3.05, 3.63) is 48.4 Å². The molecule has 1 amide bonds. The Kier molecular flexibility index (Phi) is 7.48. The van der Waals surface area contributed by atoms with Crippen LogP contribution in [0.1, 0.15) is 25.5 Å². The summed E-state index contributed by atoms with van der Waals surface area (Å²) in [6.45, 7) is 1.49. The van der Waals surface area contributed by atoms with E-state index < -0.39 is 6.61 Å². The van der Waals surface area contributed by atoms with E-state index in [1.54, 1.807) is 18.4 Å². The standard InChI is InChI=1S/C22H25F2N5O3S/c1-15-8-10-28(11-9-15)21-26-27-22(29(21)13-16-5-4-12-31-16)33-14-19(30)25-17-6-2-3-7-18(17)32-20(23)24/h2-7,12,15,20H,8-11,13-14H2,1H3,(H,25,30). The van der Waals surface area contributed by atoms with Crippen molar-refractivity contribution < 1.29 is 22.7 Å². The highest BCUT2D eigenvalue weighted by Gasteiger charge is 2.24.